The van der Waals surface area contributed by atoms with E-state index in [1.807, 2.05) is 12.1 Å². The first kappa shape index (κ1) is 19.6. The van der Waals surface area contributed by atoms with Crippen LogP contribution in [0, 0.1) is 36.3 Å². The average molecular weight is 381 g/mol. The van der Waals surface area contributed by atoms with E-state index in [-0.39, 0.29) is 11.6 Å². The van der Waals surface area contributed by atoms with Gasteiger partial charge in [0.05, 0.1) is 0 Å². The second-order valence-electron chi connectivity index (χ2n) is 8.87. The van der Waals surface area contributed by atoms with Crippen LogP contribution in [0.5, 0.6) is 0 Å². The Labute approximate surface area is 168 Å². The zero-order chi connectivity index (χ0) is 19.7. The van der Waals surface area contributed by atoms with Crippen LogP contribution in [0.2, 0.25) is 0 Å². The topological polar surface area (TPSA) is 0 Å². The third-order valence-electron chi connectivity index (χ3n) is 6.99. The van der Waals surface area contributed by atoms with Gasteiger partial charge in [0.25, 0.3) is 0 Å². The number of halogens is 2. The van der Waals surface area contributed by atoms with Crippen molar-refractivity contribution >= 4 is 0 Å². The van der Waals surface area contributed by atoms with Crippen molar-refractivity contribution < 1.29 is 8.78 Å². The molecule has 4 rings (SSSR count). The lowest BCUT2D eigenvalue weighted by molar-refractivity contribution is 0.324. The number of aryl methyl sites for hydroxylation is 1. The van der Waals surface area contributed by atoms with Crippen LogP contribution in [0.25, 0.3) is 11.1 Å². The van der Waals surface area contributed by atoms with Crippen molar-refractivity contribution in [2.75, 3.05) is 0 Å². The molecule has 0 nitrogen and oxygen atoms in total. The van der Waals surface area contributed by atoms with Crippen molar-refractivity contribution in [1.82, 2.24) is 0 Å². The normalized spacial score (nSPS) is 20.6. The van der Waals surface area contributed by atoms with Gasteiger partial charge in [0, 0.05) is 5.56 Å². The van der Waals surface area contributed by atoms with E-state index >= 15 is 0 Å². The molecule has 2 fully saturated rings. The van der Waals surface area contributed by atoms with E-state index in [9.17, 15) is 8.78 Å². The SMILES string of the molecule is C[C]1CCC([C]2CCC(c3ccc(-c4ccc(C)c(F)c4)c(F)c3)CC2)CC1. The first-order chi connectivity index (χ1) is 13.5. The summed E-state index contributed by atoms with van der Waals surface area (Å²) in [6, 6.07) is 10.5. The Morgan fingerprint density at radius 2 is 1.39 bits per heavy atom. The van der Waals surface area contributed by atoms with E-state index in [1.165, 1.54) is 44.6 Å². The fourth-order valence-corrected chi connectivity index (χ4v) is 5.03. The zero-order valence-corrected chi connectivity index (χ0v) is 17.0. The summed E-state index contributed by atoms with van der Waals surface area (Å²) in [4.78, 5) is 0. The van der Waals surface area contributed by atoms with E-state index in [0.717, 1.165) is 24.3 Å². The molecule has 0 heterocycles. The van der Waals surface area contributed by atoms with Crippen molar-refractivity contribution in [3.63, 3.8) is 0 Å². The van der Waals surface area contributed by atoms with Gasteiger partial charge in [0.2, 0.25) is 0 Å². The Morgan fingerprint density at radius 3 is 2.04 bits per heavy atom. The Hall–Kier alpha value is -1.70. The largest absolute Gasteiger partial charge is 0.207 e. The standard InChI is InChI=1S/C26H30F2/c1-17-3-6-19(7-4-17)20-9-11-21(12-10-20)22-13-14-24(26(28)15-22)23-8-5-18(2)25(27)16-23/h5,8,13-16,19,21H,3-4,6-7,9-12H2,1-2H3. The van der Waals surface area contributed by atoms with E-state index in [4.69, 9.17) is 0 Å². The lowest BCUT2D eigenvalue weighted by Gasteiger charge is -2.37. The van der Waals surface area contributed by atoms with E-state index in [1.54, 1.807) is 37.0 Å². The smallest absolute Gasteiger partial charge is 0.131 e. The third-order valence-corrected chi connectivity index (χ3v) is 6.99. The predicted octanol–water partition coefficient (Wildman–Crippen LogP) is 7.96. The maximum absolute atomic E-state index is 14.8. The molecule has 0 aliphatic heterocycles. The monoisotopic (exact) mass is 380 g/mol. The molecular weight excluding hydrogens is 350 g/mol. The highest BCUT2D eigenvalue weighted by Gasteiger charge is 2.31. The molecule has 0 N–H and O–H groups in total. The van der Waals surface area contributed by atoms with E-state index in [0.29, 0.717) is 22.6 Å². The van der Waals surface area contributed by atoms with Crippen LogP contribution in [0.3, 0.4) is 0 Å². The van der Waals surface area contributed by atoms with Crippen LogP contribution in [0.15, 0.2) is 36.4 Å². The minimum atomic E-state index is -0.285. The molecule has 2 aliphatic carbocycles. The van der Waals surface area contributed by atoms with Crippen LogP contribution in [-0.4, -0.2) is 0 Å². The van der Waals surface area contributed by atoms with Gasteiger partial charge < -0.3 is 0 Å². The Morgan fingerprint density at radius 1 is 0.714 bits per heavy atom. The highest BCUT2D eigenvalue weighted by atomic mass is 19.1. The van der Waals surface area contributed by atoms with Gasteiger partial charge >= 0.3 is 0 Å². The fourth-order valence-electron chi connectivity index (χ4n) is 5.03. The van der Waals surface area contributed by atoms with E-state index < -0.39 is 0 Å². The molecule has 0 atom stereocenters. The van der Waals surface area contributed by atoms with Crippen LogP contribution in [-0.2, 0) is 0 Å². The number of rotatable bonds is 3. The van der Waals surface area contributed by atoms with Gasteiger partial charge in [-0.2, -0.15) is 0 Å². The first-order valence-corrected chi connectivity index (χ1v) is 10.7. The van der Waals surface area contributed by atoms with Crippen molar-refractivity contribution in [3.05, 3.63) is 71.0 Å². The lowest BCUT2D eigenvalue weighted by Crippen LogP contribution is -2.22. The highest BCUT2D eigenvalue weighted by molar-refractivity contribution is 5.65. The number of hydrogen-bond acceptors (Lipinski definition) is 0. The Kier molecular flexibility index (Phi) is 5.85. The molecule has 0 aromatic heterocycles. The highest BCUT2D eigenvalue weighted by Crippen LogP contribution is 2.45. The molecule has 0 spiro atoms. The number of benzene rings is 2. The molecule has 2 heteroatoms. The van der Waals surface area contributed by atoms with Crippen LogP contribution in [0.4, 0.5) is 8.78 Å². The molecule has 2 aliphatic rings. The van der Waals surface area contributed by atoms with Crippen LogP contribution < -0.4 is 0 Å². The van der Waals surface area contributed by atoms with Crippen LogP contribution in [0.1, 0.15) is 75.3 Å². The summed E-state index contributed by atoms with van der Waals surface area (Å²) < 4.78 is 28.6. The van der Waals surface area contributed by atoms with Crippen molar-refractivity contribution in [2.45, 2.75) is 71.1 Å². The van der Waals surface area contributed by atoms with Crippen LogP contribution >= 0.6 is 0 Å². The first-order valence-electron chi connectivity index (χ1n) is 10.7. The number of hydrogen-bond donors (Lipinski definition) is 0. The zero-order valence-electron chi connectivity index (χ0n) is 17.0. The third kappa shape index (κ3) is 4.16. The second-order valence-corrected chi connectivity index (χ2v) is 8.87. The summed E-state index contributed by atoms with van der Waals surface area (Å²) in [5.41, 5.74) is 2.78. The lowest BCUT2D eigenvalue weighted by atomic mass is 9.68. The molecule has 0 saturated heterocycles. The summed E-state index contributed by atoms with van der Waals surface area (Å²) >= 11 is 0. The second kappa shape index (κ2) is 8.35. The molecule has 28 heavy (non-hydrogen) atoms. The Balaban J connectivity index is 1.42. The molecule has 2 radical (unpaired) electrons. The Bertz CT molecular complexity index is 809. The average Bonchev–Trinajstić information content (AvgIpc) is 2.71. The summed E-state index contributed by atoms with van der Waals surface area (Å²) in [6.07, 6.45) is 9.92. The fraction of sp³-hybridized carbons (Fsp3) is 0.462. The summed E-state index contributed by atoms with van der Waals surface area (Å²) in [7, 11) is 0. The van der Waals surface area contributed by atoms with Gasteiger partial charge in [0.1, 0.15) is 11.6 Å². The molecule has 2 aromatic carbocycles. The molecule has 0 unspecified atom stereocenters. The van der Waals surface area contributed by atoms with E-state index in [2.05, 4.69) is 6.92 Å². The molecule has 148 valence electrons. The molecule has 2 aromatic rings. The predicted molar refractivity (Wildman–Crippen MR) is 112 cm³/mol. The van der Waals surface area contributed by atoms with Gasteiger partial charge in [-0.1, -0.05) is 31.2 Å². The summed E-state index contributed by atoms with van der Waals surface area (Å²) in [6.45, 7) is 4.01. The minimum Gasteiger partial charge on any atom is -0.207 e. The van der Waals surface area contributed by atoms with Gasteiger partial charge in [0.15, 0.2) is 0 Å². The minimum absolute atomic E-state index is 0.242. The maximum Gasteiger partial charge on any atom is 0.131 e. The molecule has 2 saturated carbocycles. The summed E-state index contributed by atoms with van der Waals surface area (Å²) in [5, 5.41) is 0. The van der Waals surface area contributed by atoms with Gasteiger partial charge in [-0.05, 0) is 111 Å². The van der Waals surface area contributed by atoms with Crippen molar-refractivity contribution in [2.24, 2.45) is 5.92 Å². The van der Waals surface area contributed by atoms with Crippen molar-refractivity contribution in [3.8, 4) is 11.1 Å². The maximum atomic E-state index is 14.8. The summed E-state index contributed by atoms with van der Waals surface area (Å²) in [5.74, 6) is 4.16. The molecule has 0 amide bonds. The van der Waals surface area contributed by atoms with Gasteiger partial charge in [-0.15, -0.1) is 0 Å². The van der Waals surface area contributed by atoms with Gasteiger partial charge in [-0.3, -0.25) is 0 Å². The van der Waals surface area contributed by atoms with Gasteiger partial charge in [-0.25, -0.2) is 8.78 Å². The molecular formula is C26H30F2. The van der Waals surface area contributed by atoms with Crippen molar-refractivity contribution in [1.29, 1.82) is 0 Å². The quantitative estimate of drug-likeness (QED) is 0.507. The molecule has 0 bridgehead atoms.